The number of primary amides is 1. The van der Waals surface area contributed by atoms with E-state index in [0.717, 1.165) is 0 Å². The molecule has 0 radical (unpaired) electrons. The maximum atomic E-state index is 13.9. The van der Waals surface area contributed by atoms with Gasteiger partial charge in [-0.25, -0.2) is 4.79 Å². The summed E-state index contributed by atoms with van der Waals surface area (Å²) in [7, 11) is 0. The minimum atomic E-state index is -1.41. The molecule has 0 heterocycles. The third kappa shape index (κ3) is 9.00. The molecule has 0 spiro atoms. The van der Waals surface area contributed by atoms with Crippen LogP contribution in [-0.2, 0) is 19.1 Å². The highest BCUT2D eigenvalue weighted by Crippen LogP contribution is 2.30. The lowest BCUT2D eigenvalue weighted by Crippen LogP contribution is -2.53. The Balaban J connectivity index is 2.59. The van der Waals surface area contributed by atoms with Gasteiger partial charge in [-0.1, -0.05) is 60.7 Å². The van der Waals surface area contributed by atoms with E-state index in [4.69, 9.17) is 22.1 Å². The molecule has 10 heteroatoms. The smallest absolute Gasteiger partial charge is 0.408 e. The molecule has 0 saturated heterocycles. The van der Waals surface area contributed by atoms with Gasteiger partial charge in [0.2, 0.25) is 11.8 Å². The summed E-state index contributed by atoms with van der Waals surface area (Å²) in [6.07, 6.45) is 1.61. The summed E-state index contributed by atoms with van der Waals surface area (Å²) >= 11 is 6.36. The topological polar surface area (TPSA) is 131 Å². The van der Waals surface area contributed by atoms with Gasteiger partial charge in [-0.2, -0.15) is 0 Å². The number of aryl methyl sites for hydroxylation is 1. The fraction of sp³-hybridized carbons (Fsp3) is 0.310. The Morgan fingerprint density at radius 1 is 1.13 bits per heavy atom. The van der Waals surface area contributed by atoms with Crippen molar-refractivity contribution in [3.63, 3.8) is 0 Å². The number of alkyl carbamates (subject to hydrolysis) is 1. The van der Waals surface area contributed by atoms with Crippen molar-refractivity contribution in [1.29, 1.82) is 0 Å². The molecule has 0 aromatic heterocycles. The number of rotatable bonds is 11. The van der Waals surface area contributed by atoms with Gasteiger partial charge in [0.1, 0.15) is 17.7 Å². The van der Waals surface area contributed by atoms with Crippen molar-refractivity contribution in [2.75, 3.05) is 11.9 Å². The Labute approximate surface area is 234 Å². The molecule has 2 rings (SSSR count). The summed E-state index contributed by atoms with van der Waals surface area (Å²) < 4.78 is 5.27. The first kappa shape index (κ1) is 31.1. The number of hydrogen-bond donors (Lipinski definition) is 3. The largest absolute Gasteiger partial charge is 0.444 e. The average Bonchev–Trinajstić information content (AvgIpc) is 2.84. The number of hydrogen-bond acceptors (Lipinski definition) is 5. The number of ether oxygens (including phenoxy) is 1. The van der Waals surface area contributed by atoms with Crippen molar-refractivity contribution in [2.24, 2.45) is 5.73 Å². The molecule has 0 aliphatic carbocycles. The summed E-state index contributed by atoms with van der Waals surface area (Å²) in [5, 5.41) is 5.58. The van der Waals surface area contributed by atoms with E-state index >= 15 is 0 Å². The van der Waals surface area contributed by atoms with E-state index in [1.807, 2.05) is 0 Å². The number of halogens is 1. The third-order valence-electron chi connectivity index (χ3n) is 5.50. The van der Waals surface area contributed by atoms with Crippen LogP contribution in [-0.4, -0.2) is 46.9 Å². The number of nitrogens with one attached hydrogen (secondary N) is 2. The maximum absolute atomic E-state index is 13.9. The van der Waals surface area contributed by atoms with Gasteiger partial charge in [0, 0.05) is 6.54 Å². The lowest BCUT2D eigenvalue weighted by molar-refractivity contribution is -0.141. The van der Waals surface area contributed by atoms with E-state index in [-0.39, 0.29) is 6.54 Å². The van der Waals surface area contributed by atoms with Crippen LogP contribution in [0.25, 0.3) is 6.08 Å². The monoisotopic (exact) mass is 554 g/mol. The predicted octanol–water partition coefficient (Wildman–Crippen LogP) is 4.75. The van der Waals surface area contributed by atoms with Crippen molar-refractivity contribution in [2.45, 2.75) is 51.8 Å². The molecule has 208 valence electrons. The Hall–Kier alpha value is -4.11. The molecule has 4 N–H and O–H groups in total. The lowest BCUT2D eigenvalue weighted by Gasteiger charge is -2.34. The zero-order valence-corrected chi connectivity index (χ0v) is 23.4. The molecule has 0 fully saturated rings. The van der Waals surface area contributed by atoms with E-state index in [0.29, 0.717) is 27.4 Å². The second kappa shape index (κ2) is 13.6. The molecule has 0 aliphatic heterocycles. The summed E-state index contributed by atoms with van der Waals surface area (Å²) in [5.41, 5.74) is 6.82. The van der Waals surface area contributed by atoms with Crippen LogP contribution in [0.3, 0.4) is 0 Å². The van der Waals surface area contributed by atoms with Gasteiger partial charge < -0.3 is 26.0 Å². The number of nitrogens with two attached hydrogens (primary N) is 1. The molecule has 39 heavy (non-hydrogen) atoms. The summed E-state index contributed by atoms with van der Waals surface area (Å²) in [6, 6.07) is 9.48. The quantitative estimate of drug-likeness (QED) is 0.345. The van der Waals surface area contributed by atoms with Crippen molar-refractivity contribution < 1.29 is 23.9 Å². The summed E-state index contributed by atoms with van der Waals surface area (Å²) in [5.74, 6) is -2.14. The molecule has 0 bridgehead atoms. The van der Waals surface area contributed by atoms with Crippen molar-refractivity contribution >= 4 is 47.2 Å². The number of amides is 4. The SMILES string of the molecule is C=CCN(C(=O)C(CC(N)=O)NC(=O)OC(C)(C)C)C(C(=O)Nc1c(C)cccc1Cl)c1cccc(C=C)c1. The van der Waals surface area contributed by atoms with Crippen LogP contribution >= 0.6 is 11.6 Å². The van der Waals surface area contributed by atoms with Crippen LogP contribution in [0.2, 0.25) is 5.02 Å². The number of anilines is 1. The van der Waals surface area contributed by atoms with Crippen molar-refractivity contribution in [3.8, 4) is 0 Å². The Morgan fingerprint density at radius 2 is 1.79 bits per heavy atom. The van der Waals surface area contributed by atoms with E-state index < -0.39 is 47.9 Å². The predicted molar refractivity (Wildman–Crippen MR) is 153 cm³/mol. The van der Waals surface area contributed by atoms with Gasteiger partial charge >= 0.3 is 6.09 Å². The molecule has 9 nitrogen and oxygen atoms in total. The second-order valence-corrected chi connectivity index (χ2v) is 10.3. The molecule has 4 amide bonds. The molecule has 0 aliphatic rings. The van der Waals surface area contributed by atoms with Gasteiger partial charge in [-0.3, -0.25) is 14.4 Å². The molecule has 0 saturated carbocycles. The highest BCUT2D eigenvalue weighted by atomic mass is 35.5. The second-order valence-electron chi connectivity index (χ2n) is 9.85. The highest BCUT2D eigenvalue weighted by molar-refractivity contribution is 6.34. The zero-order valence-electron chi connectivity index (χ0n) is 22.6. The number of carbonyl (C=O) groups excluding carboxylic acids is 4. The Morgan fingerprint density at radius 3 is 2.36 bits per heavy atom. The highest BCUT2D eigenvalue weighted by Gasteiger charge is 2.37. The number of para-hydroxylation sites is 1. The number of benzene rings is 2. The lowest BCUT2D eigenvalue weighted by atomic mass is 9.99. The Bertz CT molecular complexity index is 1230. The van der Waals surface area contributed by atoms with Crippen LogP contribution in [0, 0.1) is 6.92 Å². The number of nitrogens with zero attached hydrogens (tertiary/aromatic N) is 1. The third-order valence-corrected chi connectivity index (χ3v) is 5.81. The van der Waals surface area contributed by atoms with Gasteiger partial charge in [-0.05, 0) is 56.5 Å². The van der Waals surface area contributed by atoms with Crippen LogP contribution in [0.1, 0.15) is 49.9 Å². The minimum absolute atomic E-state index is 0.0952. The van der Waals surface area contributed by atoms with Crippen molar-refractivity contribution in [1.82, 2.24) is 10.2 Å². The average molecular weight is 555 g/mol. The molecular formula is C29H35ClN4O5. The van der Waals surface area contributed by atoms with Crippen LogP contribution < -0.4 is 16.4 Å². The minimum Gasteiger partial charge on any atom is -0.444 e. The van der Waals surface area contributed by atoms with Crippen molar-refractivity contribution in [3.05, 3.63) is 83.4 Å². The summed E-state index contributed by atoms with van der Waals surface area (Å²) in [4.78, 5) is 53.4. The van der Waals surface area contributed by atoms with Crippen LogP contribution in [0.4, 0.5) is 10.5 Å². The van der Waals surface area contributed by atoms with Gasteiger partial charge in [-0.15, -0.1) is 6.58 Å². The first-order chi connectivity index (χ1) is 18.3. The maximum Gasteiger partial charge on any atom is 0.408 e. The Kier molecular flexibility index (Phi) is 10.9. The van der Waals surface area contributed by atoms with E-state index in [1.54, 1.807) is 76.2 Å². The first-order valence-electron chi connectivity index (χ1n) is 12.2. The first-order valence-corrected chi connectivity index (χ1v) is 12.6. The summed E-state index contributed by atoms with van der Waals surface area (Å²) in [6.45, 7) is 14.2. The molecule has 2 atom stereocenters. The van der Waals surface area contributed by atoms with E-state index in [9.17, 15) is 19.2 Å². The number of carbonyl (C=O) groups is 4. The standard InChI is InChI=1S/C29H35ClN4O5/c1-7-15-34(27(37)22(17-23(31)35)32-28(38)39-29(4,5)6)25(20-13-10-12-19(8-2)16-20)26(36)33-24-18(3)11-9-14-21(24)30/h7-14,16,22,25H,1-2,15,17H2,3-6H3,(H2,31,35)(H,32,38)(H,33,36). The van der Waals surface area contributed by atoms with Crippen LogP contribution in [0.15, 0.2) is 61.7 Å². The van der Waals surface area contributed by atoms with Gasteiger partial charge in [0.25, 0.3) is 5.91 Å². The van der Waals surface area contributed by atoms with Crippen LogP contribution in [0.5, 0.6) is 0 Å². The molecule has 2 aromatic carbocycles. The molecular weight excluding hydrogens is 520 g/mol. The fourth-order valence-corrected chi connectivity index (χ4v) is 4.09. The zero-order chi connectivity index (χ0) is 29.3. The fourth-order valence-electron chi connectivity index (χ4n) is 3.82. The van der Waals surface area contributed by atoms with Gasteiger partial charge in [0.05, 0.1) is 17.1 Å². The van der Waals surface area contributed by atoms with Gasteiger partial charge in [0.15, 0.2) is 0 Å². The molecule has 2 unspecified atom stereocenters. The van der Waals surface area contributed by atoms with E-state index in [2.05, 4.69) is 23.8 Å². The normalized spacial score (nSPS) is 12.4. The van der Waals surface area contributed by atoms with E-state index in [1.165, 1.54) is 11.0 Å². The molecule has 2 aromatic rings.